The number of carbonyl (C=O) groups is 1. The molecule has 1 atom stereocenters. The highest BCUT2D eigenvalue weighted by atomic mass is 16.4. The number of carboxylic acid groups (broad SMARTS) is 1. The van der Waals surface area contributed by atoms with Gasteiger partial charge in [0, 0.05) is 18.6 Å². The molecule has 1 aromatic carbocycles. The Hall–Kier alpha value is -1.35. The third-order valence-corrected chi connectivity index (χ3v) is 3.61. The Kier molecular flexibility index (Phi) is 6.03. The molecule has 3 heteroatoms. The Morgan fingerprint density at radius 2 is 1.79 bits per heavy atom. The first kappa shape index (κ1) is 15.7. The molecular formula is C16H25NO2. The lowest BCUT2D eigenvalue weighted by atomic mass is 10.0. The van der Waals surface area contributed by atoms with E-state index >= 15 is 0 Å². The predicted octanol–water partition coefficient (Wildman–Crippen LogP) is 3.50. The molecule has 0 aliphatic heterocycles. The van der Waals surface area contributed by atoms with Crippen molar-refractivity contribution < 1.29 is 9.90 Å². The van der Waals surface area contributed by atoms with Crippen LogP contribution in [0.25, 0.3) is 0 Å². The monoisotopic (exact) mass is 263 g/mol. The van der Waals surface area contributed by atoms with Crippen LogP contribution >= 0.6 is 0 Å². The zero-order chi connectivity index (χ0) is 14.4. The van der Waals surface area contributed by atoms with Crippen LogP contribution in [0, 0.1) is 0 Å². The average Bonchev–Trinajstić information content (AvgIpc) is 2.38. The molecule has 0 aromatic heterocycles. The number of nitrogens with zero attached hydrogens (tertiary/aromatic N) is 1. The van der Waals surface area contributed by atoms with Gasteiger partial charge in [0.2, 0.25) is 0 Å². The van der Waals surface area contributed by atoms with Crippen molar-refractivity contribution in [3.63, 3.8) is 0 Å². The summed E-state index contributed by atoms with van der Waals surface area (Å²) in [5, 5.41) is 8.84. The SMILES string of the molecule is CCc1ccc(C(C)N(CCC(=O)O)C(C)C)cc1. The summed E-state index contributed by atoms with van der Waals surface area (Å²) in [7, 11) is 0. The molecule has 1 unspecified atom stereocenters. The molecule has 0 saturated carbocycles. The summed E-state index contributed by atoms with van der Waals surface area (Å²) < 4.78 is 0. The highest BCUT2D eigenvalue weighted by Gasteiger charge is 2.19. The molecule has 0 fully saturated rings. The number of hydrogen-bond acceptors (Lipinski definition) is 2. The van der Waals surface area contributed by atoms with Crippen molar-refractivity contribution in [3.8, 4) is 0 Å². The van der Waals surface area contributed by atoms with Gasteiger partial charge in [-0.05, 0) is 38.3 Å². The van der Waals surface area contributed by atoms with Gasteiger partial charge in [-0.1, -0.05) is 31.2 Å². The second-order valence-electron chi connectivity index (χ2n) is 5.25. The third kappa shape index (κ3) is 4.67. The van der Waals surface area contributed by atoms with Crippen LogP contribution in [0.1, 0.15) is 51.3 Å². The molecule has 0 aliphatic rings. The standard InChI is InChI=1S/C16H25NO2/c1-5-14-6-8-15(9-7-14)13(4)17(12(2)3)11-10-16(18)19/h6-9,12-13H,5,10-11H2,1-4H3,(H,18,19). The molecule has 106 valence electrons. The van der Waals surface area contributed by atoms with Gasteiger partial charge < -0.3 is 5.11 Å². The van der Waals surface area contributed by atoms with E-state index in [1.807, 2.05) is 0 Å². The molecule has 0 heterocycles. The molecule has 0 aliphatic carbocycles. The minimum atomic E-state index is -0.737. The summed E-state index contributed by atoms with van der Waals surface area (Å²) >= 11 is 0. The lowest BCUT2D eigenvalue weighted by molar-refractivity contribution is -0.137. The van der Waals surface area contributed by atoms with Crippen molar-refractivity contribution in [1.82, 2.24) is 4.90 Å². The van der Waals surface area contributed by atoms with Crippen LogP contribution in [0.3, 0.4) is 0 Å². The van der Waals surface area contributed by atoms with Crippen molar-refractivity contribution in [1.29, 1.82) is 0 Å². The van der Waals surface area contributed by atoms with E-state index in [2.05, 4.69) is 56.9 Å². The van der Waals surface area contributed by atoms with Gasteiger partial charge in [0.1, 0.15) is 0 Å². The highest BCUT2D eigenvalue weighted by molar-refractivity contribution is 5.66. The van der Waals surface area contributed by atoms with E-state index in [0.717, 1.165) is 6.42 Å². The van der Waals surface area contributed by atoms with Gasteiger partial charge in [-0.3, -0.25) is 9.69 Å². The van der Waals surface area contributed by atoms with Gasteiger partial charge in [0.25, 0.3) is 0 Å². The normalized spacial score (nSPS) is 12.9. The first-order valence-electron chi connectivity index (χ1n) is 7.02. The molecule has 1 rings (SSSR count). The minimum absolute atomic E-state index is 0.190. The van der Waals surface area contributed by atoms with Crippen molar-refractivity contribution in [2.45, 2.75) is 52.6 Å². The van der Waals surface area contributed by atoms with Crippen LogP contribution in [0.15, 0.2) is 24.3 Å². The number of hydrogen-bond donors (Lipinski definition) is 1. The van der Waals surface area contributed by atoms with Crippen molar-refractivity contribution in [2.24, 2.45) is 0 Å². The van der Waals surface area contributed by atoms with Gasteiger partial charge >= 0.3 is 5.97 Å². The van der Waals surface area contributed by atoms with E-state index in [1.165, 1.54) is 11.1 Å². The smallest absolute Gasteiger partial charge is 0.304 e. The fourth-order valence-corrected chi connectivity index (χ4v) is 2.35. The number of rotatable bonds is 7. The molecule has 0 amide bonds. The second-order valence-corrected chi connectivity index (χ2v) is 5.25. The lowest BCUT2D eigenvalue weighted by Gasteiger charge is -2.32. The van der Waals surface area contributed by atoms with Gasteiger partial charge in [-0.25, -0.2) is 0 Å². The first-order valence-corrected chi connectivity index (χ1v) is 7.02. The largest absolute Gasteiger partial charge is 0.481 e. The molecule has 0 bridgehead atoms. The van der Waals surface area contributed by atoms with Gasteiger partial charge in [0.05, 0.1) is 6.42 Å². The maximum atomic E-state index is 10.7. The quantitative estimate of drug-likeness (QED) is 0.818. The second kappa shape index (κ2) is 7.29. The lowest BCUT2D eigenvalue weighted by Crippen LogP contribution is -2.35. The fourth-order valence-electron chi connectivity index (χ4n) is 2.35. The zero-order valence-electron chi connectivity index (χ0n) is 12.4. The van der Waals surface area contributed by atoms with Gasteiger partial charge in [-0.2, -0.15) is 0 Å². The maximum absolute atomic E-state index is 10.7. The van der Waals surface area contributed by atoms with Gasteiger partial charge in [0.15, 0.2) is 0 Å². The summed E-state index contributed by atoms with van der Waals surface area (Å²) in [6, 6.07) is 9.19. The summed E-state index contributed by atoms with van der Waals surface area (Å²) in [6.07, 6.45) is 1.23. The first-order chi connectivity index (χ1) is 8.95. The van der Waals surface area contributed by atoms with Crippen molar-refractivity contribution >= 4 is 5.97 Å². The van der Waals surface area contributed by atoms with E-state index in [1.54, 1.807) is 0 Å². The molecule has 1 aromatic rings. The average molecular weight is 263 g/mol. The van der Waals surface area contributed by atoms with Gasteiger partial charge in [-0.15, -0.1) is 0 Å². The maximum Gasteiger partial charge on any atom is 0.304 e. The minimum Gasteiger partial charge on any atom is -0.481 e. The summed E-state index contributed by atoms with van der Waals surface area (Å²) in [4.78, 5) is 13.0. The third-order valence-electron chi connectivity index (χ3n) is 3.61. The Bertz CT molecular complexity index is 398. The van der Waals surface area contributed by atoms with Crippen molar-refractivity contribution in [3.05, 3.63) is 35.4 Å². The fraction of sp³-hybridized carbons (Fsp3) is 0.562. The number of carboxylic acids is 1. The Morgan fingerprint density at radius 1 is 1.21 bits per heavy atom. The number of benzene rings is 1. The number of aryl methyl sites for hydroxylation is 1. The van der Waals surface area contributed by atoms with E-state index in [4.69, 9.17) is 5.11 Å². The summed E-state index contributed by atoms with van der Waals surface area (Å²) in [5.74, 6) is -0.737. The molecule has 1 N–H and O–H groups in total. The Balaban J connectivity index is 2.79. The number of aliphatic carboxylic acids is 1. The molecule has 19 heavy (non-hydrogen) atoms. The predicted molar refractivity (Wildman–Crippen MR) is 78.3 cm³/mol. The zero-order valence-corrected chi connectivity index (χ0v) is 12.4. The Labute approximate surface area is 116 Å². The van der Waals surface area contributed by atoms with Crippen LogP contribution in [0.4, 0.5) is 0 Å². The molecule has 0 saturated heterocycles. The van der Waals surface area contributed by atoms with E-state index in [0.29, 0.717) is 12.6 Å². The molecule has 3 nitrogen and oxygen atoms in total. The Morgan fingerprint density at radius 3 is 2.21 bits per heavy atom. The van der Waals surface area contributed by atoms with Crippen molar-refractivity contribution in [2.75, 3.05) is 6.54 Å². The van der Waals surface area contributed by atoms with E-state index < -0.39 is 5.97 Å². The van der Waals surface area contributed by atoms with Crippen LogP contribution in [0.2, 0.25) is 0 Å². The molecule has 0 radical (unpaired) electrons. The molecule has 0 spiro atoms. The van der Waals surface area contributed by atoms with Crippen LogP contribution in [0.5, 0.6) is 0 Å². The van der Waals surface area contributed by atoms with E-state index in [9.17, 15) is 4.79 Å². The van der Waals surface area contributed by atoms with Crippen LogP contribution < -0.4 is 0 Å². The molecular weight excluding hydrogens is 238 g/mol. The van der Waals surface area contributed by atoms with Crippen LogP contribution in [-0.4, -0.2) is 28.6 Å². The summed E-state index contributed by atoms with van der Waals surface area (Å²) in [6.45, 7) is 9.09. The van der Waals surface area contributed by atoms with Crippen LogP contribution in [-0.2, 0) is 11.2 Å². The summed E-state index contributed by atoms with van der Waals surface area (Å²) in [5.41, 5.74) is 2.58. The van der Waals surface area contributed by atoms with E-state index in [-0.39, 0.29) is 12.5 Å². The highest BCUT2D eigenvalue weighted by Crippen LogP contribution is 2.23. The topological polar surface area (TPSA) is 40.5 Å².